The van der Waals surface area contributed by atoms with Crippen LogP contribution in [0.1, 0.15) is 55.6 Å². The topological polar surface area (TPSA) is 137 Å². The first-order chi connectivity index (χ1) is 27.6. The fourth-order valence-corrected chi connectivity index (χ4v) is 9.94. The molecule has 1 atom stereocenters. The Labute approximate surface area is 340 Å². The van der Waals surface area contributed by atoms with Gasteiger partial charge in [0.05, 0.1) is 15.3 Å². The lowest BCUT2D eigenvalue weighted by Crippen LogP contribution is -2.46. The first-order valence-corrected chi connectivity index (χ1v) is 22.3. The van der Waals surface area contributed by atoms with E-state index in [0.717, 1.165) is 62.3 Å². The summed E-state index contributed by atoms with van der Waals surface area (Å²) in [5.74, 6) is 1.46. The Hall–Kier alpha value is -4.76. The zero-order valence-corrected chi connectivity index (χ0v) is 34.4. The second-order valence-electron chi connectivity index (χ2n) is 15.3. The number of nitrogens with zero attached hydrogens (tertiary/aromatic N) is 6. The maximum Gasteiger partial charge on any atom is 0.293 e. The van der Waals surface area contributed by atoms with Crippen LogP contribution in [0.5, 0.6) is 0 Å². The van der Waals surface area contributed by atoms with E-state index in [1.165, 1.54) is 61.7 Å². The molecule has 4 aromatic carbocycles. The van der Waals surface area contributed by atoms with Gasteiger partial charge in [-0.3, -0.25) is 19.7 Å². The van der Waals surface area contributed by atoms with Crippen LogP contribution in [0.15, 0.2) is 107 Å². The van der Waals surface area contributed by atoms with Gasteiger partial charge in [0.1, 0.15) is 12.0 Å². The Morgan fingerprint density at radius 3 is 2.42 bits per heavy atom. The Morgan fingerprint density at radius 2 is 1.67 bits per heavy atom. The number of sulfonamides is 1. The molecule has 1 saturated carbocycles. The first-order valence-electron chi connectivity index (χ1n) is 19.8. The Morgan fingerprint density at radius 1 is 0.912 bits per heavy atom. The standard InChI is InChI=1S/C43H52N8O4S2/c1-48(2)22-21-34(30-56-36-14-7-4-8-15-36)46-40-20-18-37(28-42(40)51(52)53)57(54,55)47-43-39-19-17-35(27-41(39)44-31-45-43)50-25-23-49(24-26-50)29-33-13-9-10-16-38(33)32-11-5-3-6-12-32/h4,7-10,13-20,27-28,31-32,34,46H,3,5-6,11-12,21-26,29-30H2,1-2H3,(H,44,45,47). The van der Waals surface area contributed by atoms with Gasteiger partial charge in [0.2, 0.25) is 0 Å². The van der Waals surface area contributed by atoms with Gasteiger partial charge in [-0.2, -0.15) is 0 Å². The van der Waals surface area contributed by atoms with Crippen LogP contribution in [0, 0.1) is 10.1 Å². The number of anilines is 3. The molecule has 7 rings (SSSR count). The van der Waals surface area contributed by atoms with Gasteiger partial charge >= 0.3 is 0 Å². The van der Waals surface area contributed by atoms with E-state index in [0.29, 0.717) is 22.6 Å². The van der Waals surface area contributed by atoms with Gasteiger partial charge in [0.15, 0.2) is 5.82 Å². The number of nitro groups is 1. The summed E-state index contributed by atoms with van der Waals surface area (Å²) in [6.45, 7) is 5.35. The van der Waals surface area contributed by atoms with E-state index in [2.05, 4.69) is 59.0 Å². The molecule has 0 spiro atoms. The highest BCUT2D eigenvalue weighted by Gasteiger charge is 2.26. The highest BCUT2D eigenvalue weighted by molar-refractivity contribution is 7.99. The molecule has 1 aromatic heterocycles. The van der Waals surface area contributed by atoms with Crippen LogP contribution in [-0.2, 0) is 16.6 Å². The van der Waals surface area contributed by atoms with E-state index >= 15 is 0 Å². The second kappa shape index (κ2) is 18.7. The van der Waals surface area contributed by atoms with Crippen molar-refractivity contribution in [3.63, 3.8) is 0 Å². The molecule has 5 aromatic rings. The Balaban J connectivity index is 1.02. The molecule has 12 nitrogen and oxygen atoms in total. The number of hydrogen-bond acceptors (Lipinski definition) is 11. The molecule has 1 aliphatic heterocycles. The van der Waals surface area contributed by atoms with Crippen molar-refractivity contribution in [2.24, 2.45) is 0 Å². The molecule has 0 bridgehead atoms. The van der Waals surface area contributed by atoms with Crippen molar-refractivity contribution in [1.29, 1.82) is 0 Å². The van der Waals surface area contributed by atoms with E-state index in [-0.39, 0.29) is 28.1 Å². The summed E-state index contributed by atoms with van der Waals surface area (Å²) in [6, 6.07) is 28.6. The van der Waals surface area contributed by atoms with Gasteiger partial charge in [-0.05, 0) is 99.4 Å². The van der Waals surface area contributed by atoms with E-state index in [4.69, 9.17) is 0 Å². The van der Waals surface area contributed by atoms with Gasteiger partial charge < -0.3 is 15.1 Å². The number of nitro benzene ring substituents is 1. The van der Waals surface area contributed by atoms with Gasteiger partial charge in [0.25, 0.3) is 15.7 Å². The number of benzene rings is 4. The van der Waals surface area contributed by atoms with Crippen LogP contribution in [0.2, 0.25) is 0 Å². The predicted octanol–water partition coefficient (Wildman–Crippen LogP) is 8.23. The lowest BCUT2D eigenvalue weighted by Gasteiger charge is -2.37. The lowest BCUT2D eigenvalue weighted by atomic mass is 9.82. The maximum atomic E-state index is 13.7. The highest BCUT2D eigenvalue weighted by atomic mass is 32.2. The van der Waals surface area contributed by atoms with Gasteiger partial charge in [-0.1, -0.05) is 61.7 Å². The number of nitrogens with one attached hydrogen (secondary N) is 2. The summed E-state index contributed by atoms with van der Waals surface area (Å²) >= 11 is 1.66. The van der Waals surface area contributed by atoms with E-state index < -0.39 is 14.9 Å². The summed E-state index contributed by atoms with van der Waals surface area (Å²) in [4.78, 5) is 28.3. The van der Waals surface area contributed by atoms with E-state index in [1.807, 2.05) is 62.6 Å². The summed E-state index contributed by atoms with van der Waals surface area (Å²) in [5, 5.41) is 16.2. The van der Waals surface area contributed by atoms with Crippen molar-refractivity contribution in [2.45, 2.75) is 66.8 Å². The maximum absolute atomic E-state index is 13.7. The second-order valence-corrected chi connectivity index (χ2v) is 18.1. The summed E-state index contributed by atoms with van der Waals surface area (Å²) < 4.78 is 30.1. The highest BCUT2D eigenvalue weighted by Crippen LogP contribution is 2.36. The molecule has 2 heterocycles. The number of thioether (sulfide) groups is 1. The van der Waals surface area contributed by atoms with Crippen molar-refractivity contribution in [1.82, 2.24) is 19.8 Å². The summed E-state index contributed by atoms with van der Waals surface area (Å²) in [6.07, 6.45) is 8.66. The van der Waals surface area contributed by atoms with Gasteiger partial charge in [0, 0.05) is 66.6 Å². The minimum atomic E-state index is -4.25. The van der Waals surface area contributed by atoms with Crippen LogP contribution in [-0.4, -0.2) is 91.7 Å². The third-order valence-corrected chi connectivity index (χ3v) is 13.5. The van der Waals surface area contributed by atoms with Crippen LogP contribution >= 0.6 is 11.8 Å². The average molecular weight is 809 g/mol. The molecule has 2 aliphatic rings. The van der Waals surface area contributed by atoms with Crippen molar-refractivity contribution >= 4 is 55.6 Å². The minimum absolute atomic E-state index is 0.105. The molecule has 57 heavy (non-hydrogen) atoms. The number of fused-ring (bicyclic) bond motifs is 1. The van der Waals surface area contributed by atoms with E-state index in [9.17, 15) is 18.5 Å². The van der Waals surface area contributed by atoms with Crippen LogP contribution in [0.4, 0.5) is 22.9 Å². The monoisotopic (exact) mass is 808 g/mol. The van der Waals surface area contributed by atoms with Gasteiger partial charge in [-0.25, -0.2) is 18.4 Å². The third kappa shape index (κ3) is 10.4. The molecule has 14 heteroatoms. The molecule has 2 fully saturated rings. The molecule has 0 amide bonds. The van der Waals surface area contributed by atoms with Crippen molar-refractivity contribution in [3.05, 3.63) is 119 Å². The quantitative estimate of drug-likeness (QED) is 0.0567. The molecule has 0 radical (unpaired) electrons. The van der Waals surface area contributed by atoms with Crippen LogP contribution < -0.4 is 14.9 Å². The largest absolute Gasteiger partial charge is 0.376 e. The van der Waals surface area contributed by atoms with E-state index in [1.54, 1.807) is 11.8 Å². The SMILES string of the molecule is CN(C)CCC(CSc1ccccc1)Nc1ccc(S(=O)(=O)Nc2ncnc3cc(N4CCN(Cc5ccccc5C5CCCCC5)CC4)ccc23)cc1[N+](=O)[O-]. The lowest BCUT2D eigenvalue weighted by molar-refractivity contribution is -0.384. The number of aromatic nitrogens is 2. The summed E-state index contributed by atoms with van der Waals surface area (Å²) in [7, 11) is -0.280. The average Bonchev–Trinajstić information content (AvgIpc) is 3.22. The number of piperazine rings is 1. The molecular formula is C43H52N8O4S2. The third-order valence-electron chi connectivity index (χ3n) is 11.0. The molecule has 2 N–H and O–H groups in total. The zero-order chi connectivity index (χ0) is 39.8. The van der Waals surface area contributed by atoms with Crippen LogP contribution in [0.3, 0.4) is 0 Å². The number of hydrogen-bond donors (Lipinski definition) is 2. The molecule has 1 unspecified atom stereocenters. The Kier molecular flexibility index (Phi) is 13.2. The van der Waals surface area contributed by atoms with Crippen LogP contribution in [0.25, 0.3) is 10.9 Å². The van der Waals surface area contributed by atoms with Crippen molar-refractivity contribution in [3.8, 4) is 0 Å². The first kappa shape index (κ1) is 40.4. The van der Waals surface area contributed by atoms with Crippen molar-refractivity contribution in [2.75, 3.05) is 67.5 Å². The fraction of sp³-hybridized carbons (Fsp3) is 0.395. The Bertz CT molecular complexity index is 2250. The molecular weight excluding hydrogens is 757 g/mol. The predicted molar refractivity (Wildman–Crippen MR) is 231 cm³/mol. The fourth-order valence-electron chi connectivity index (χ4n) is 7.90. The smallest absolute Gasteiger partial charge is 0.293 e. The summed E-state index contributed by atoms with van der Waals surface area (Å²) in [5.41, 5.74) is 4.55. The molecule has 1 saturated heterocycles. The molecule has 300 valence electrons. The normalized spacial score (nSPS) is 16.2. The zero-order valence-electron chi connectivity index (χ0n) is 32.7. The van der Waals surface area contributed by atoms with Gasteiger partial charge in [-0.15, -0.1) is 11.8 Å². The number of rotatable bonds is 16. The van der Waals surface area contributed by atoms with Crippen molar-refractivity contribution < 1.29 is 13.3 Å². The minimum Gasteiger partial charge on any atom is -0.376 e. The molecule has 1 aliphatic carbocycles.